The summed E-state index contributed by atoms with van der Waals surface area (Å²) in [6, 6.07) is 13.0. The van der Waals surface area contributed by atoms with Crippen LogP contribution in [0.15, 0.2) is 48.7 Å². The Kier molecular flexibility index (Phi) is 4.24. The van der Waals surface area contributed by atoms with Crippen LogP contribution in [0.4, 0.5) is 5.82 Å². The van der Waals surface area contributed by atoms with Crippen molar-refractivity contribution in [2.75, 3.05) is 6.61 Å². The van der Waals surface area contributed by atoms with Crippen LogP contribution < -0.4 is 0 Å². The van der Waals surface area contributed by atoms with Gasteiger partial charge in [-0.15, -0.1) is 0 Å². The Labute approximate surface area is 137 Å². The highest BCUT2D eigenvalue weighted by Crippen LogP contribution is 2.17. The minimum absolute atomic E-state index is 0.0314. The molecule has 0 atom stereocenters. The fourth-order valence-corrected chi connectivity index (χ4v) is 2.51. The van der Waals surface area contributed by atoms with E-state index in [9.17, 15) is 14.9 Å². The molecule has 1 aromatic heterocycles. The minimum Gasteiger partial charge on any atom is -0.458 e. The molecule has 3 aromatic rings. The summed E-state index contributed by atoms with van der Waals surface area (Å²) >= 11 is 0. The standard InChI is InChI=1S/C17H15N3O4/c1-12-18-11-16(20(22)23)19(12)8-9-24-17(21)15-7-6-13-4-2-3-5-14(13)10-15/h2-7,10-11H,8-9H2,1H3. The smallest absolute Gasteiger partial charge is 0.342 e. The van der Waals surface area contributed by atoms with E-state index in [0.29, 0.717) is 11.4 Å². The van der Waals surface area contributed by atoms with Gasteiger partial charge < -0.3 is 14.9 Å². The van der Waals surface area contributed by atoms with Crippen molar-refractivity contribution in [2.45, 2.75) is 13.5 Å². The van der Waals surface area contributed by atoms with E-state index in [1.165, 1.54) is 10.8 Å². The SMILES string of the molecule is Cc1ncc([N+](=O)[O-])n1CCOC(=O)c1ccc2ccccc2c1. The van der Waals surface area contributed by atoms with Crippen LogP contribution >= 0.6 is 0 Å². The highest BCUT2D eigenvalue weighted by molar-refractivity contribution is 5.95. The summed E-state index contributed by atoms with van der Waals surface area (Å²) in [5, 5.41) is 12.9. The lowest BCUT2D eigenvalue weighted by molar-refractivity contribution is -0.392. The summed E-state index contributed by atoms with van der Waals surface area (Å²) in [7, 11) is 0. The second-order valence-corrected chi connectivity index (χ2v) is 5.27. The number of nitro groups is 1. The molecule has 0 aliphatic heterocycles. The summed E-state index contributed by atoms with van der Waals surface area (Å²) < 4.78 is 6.64. The van der Waals surface area contributed by atoms with Crippen LogP contribution in [0.2, 0.25) is 0 Å². The monoisotopic (exact) mass is 325 g/mol. The van der Waals surface area contributed by atoms with Crippen molar-refractivity contribution in [1.82, 2.24) is 9.55 Å². The summed E-state index contributed by atoms with van der Waals surface area (Å²) in [6.45, 7) is 1.88. The molecule has 0 amide bonds. The molecule has 0 fully saturated rings. The Bertz CT molecular complexity index is 917. The van der Waals surface area contributed by atoms with Crippen LogP contribution in [0, 0.1) is 17.0 Å². The zero-order chi connectivity index (χ0) is 17.1. The normalized spacial score (nSPS) is 10.7. The fourth-order valence-electron chi connectivity index (χ4n) is 2.51. The summed E-state index contributed by atoms with van der Waals surface area (Å²) in [6.07, 6.45) is 1.19. The maximum atomic E-state index is 12.1. The van der Waals surface area contributed by atoms with Crippen LogP contribution in [0.3, 0.4) is 0 Å². The highest BCUT2D eigenvalue weighted by Gasteiger charge is 2.17. The molecule has 0 bridgehead atoms. The van der Waals surface area contributed by atoms with Crippen molar-refractivity contribution in [3.05, 3.63) is 70.2 Å². The minimum atomic E-state index is -0.509. The first-order valence-corrected chi connectivity index (χ1v) is 7.38. The zero-order valence-electron chi connectivity index (χ0n) is 13.0. The van der Waals surface area contributed by atoms with Crippen molar-refractivity contribution in [1.29, 1.82) is 0 Å². The van der Waals surface area contributed by atoms with Crippen molar-refractivity contribution in [3.8, 4) is 0 Å². The number of hydrogen-bond donors (Lipinski definition) is 0. The van der Waals surface area contributed by atoms with Crippen LogP contribution in [-0.4, -0.2) is 27.1 Å². The Morgan fingerprint density at radius 3 is 2.75 bits per heavy atom. The third kappa shape index (κ3) is 3.10. The largest absolute Gasteiger partial charge is 0.458 e. The summed E-state index contributed by atoms with van der Waals surface area (Å²) in [5.74, 6) is -0.0705. The van der Waals surface area contributed by atoms with Crippen molar-refractivity contribution < 1.29 is 14.5 Å². The lowest BCUT2D eigenvalue weighted by atomic mass is 10.1. The van der Waals surface area contributed by atoms with E-state index in [2.05, 4.69) is 4.98 Å². The Balaban J connectivity index is 1.67. The van der Waals surface area contributed by atoms with E-state index in [1.807, 2.05) is 30.3 Å². The second-order valence-electron chi connectivity index (χ2n) is 5.27. The number of carbonyl (C=O) groups excluding carboxylic acids is 1. The number of esters is 1. The number of nitrogens with zero attached hydrogens (tertiary/aromatic N) is 3. The van der Waals surface area contributed by atoms with E-state index in [4.69, 9.17) is 4.74 Å². The molecule has 0 saturated carbocycles. The maximum Gasteiger partial charge on any atom is 0.342 e. The zero-order valence-corrected chi connectivity index (χ0v) is 13.0. The molecule has 122 valence electrons. The van der Waals surface area contributed by atoms with E-state index < -0.39 is 10.9 Å². The molecule has 0 spiro atoms. The number of aromatic nitrogens is 2. The van der Waals surface area contributed by atoms with E-state index in [0.717, 1.165) is 10.8 Å². The number of benzene rings is 2. The number of carbonyl (C=O) groups is 1. The predicted octanol–water partition coefficient (Wildman–Crippen LogP) is 3.11. The molecule has 0 radical (unpaired) electrons. The second kappa shape index (κ2) is 6.49. The summed E-state index contributed by atoms with van der Waals surface area (Å²) in [4.78, 5) is 26.5. The average Bonchev–Trinajstić information content (AvgIpc) is 2.95. The molecule has 2 aromatic carbocycles. The first-order valence-electron chi connectivity index (χ1n) is 7.38. The van der Waals surface area contributed by atoms with Crippen LogP contribution in [0.5, 0.6) is 0 Å². The van der Waals surface area contributed by atoms with Gasteiger partial charge in [0.2, 0.25) is 0 Å². The topological polar surface area (TPSA) is 87.3 Å². The molecule has 24 heavy (non-hydrogen) atoms. The van der Waals surface area contributed by atoms with Crippen LogP contribution in [0.25, 0.3) is 10.8 Å². The number of fused-ring (bicyclic) bond motifs is 1. The molecule has 7 nitrogen and oxygen atoms in total. The van der Waals surface area contributed by atoms with Gasteiger partial charge in [0.1, 0.15) is 19.3 Å². The van der Waals surface area contributed by atoms with Gasteiger partial charge >= 0.3 is 11.8 Å². The van der Waals surface area contributed by atoms with Crippen LogP contribution in [0.1, 0.15) is 16.2 Å². The number of hydrogen-bond acceptors (Lipinski definition) is 5. The number of aryl methyl sites for hydroxylation is 1. The molecule has 0 aliphatic rings. The van der Waals surface area contributed by atoms with Gasteiger partial charge in [-0.2, -0.15) is 0 Å². The highest BCUT2D eigenvalue weighted by atomic mass is 16.6. The van der Waals surface area contributed by atoms with Gasteiger partial charge in [0.15, 0.2) is 5.82 Å². The van der Waals surface area contributed by atoms with Crippen molar-refractivity contribution in [3.63, 3.8) is 0 Å². The molecule has 0 saturated heterocycles. The molecular formula is C17H15N3O4. The van der Waals surface area contributed by atoms with Gasteiger partial charge in [-0.1, -0.05) is 30.3 Å². The predicted molar refractivity (Wildman–Crippen MR) is 87.8 cm³/mol. The van der Waals surface area contributed by atoms with Gasteiger partial charge in [-0.25, -0.2) is 14.3 Å². The first kappa shape index (κ1) is 15.7. The Hall–Kier alpha value is -3.22. The molecule has 0 unspecified atom stereocenters. The quantitative estimate of drug-likeness (QED) is 0.408. The first-order chi connectivity index (χ1) is 11.6. The van der Waals surface area contributed by atoms with Crippen molar-refractivity contribution in [2.24, 2.45) is 0 Å². The molecule has 0 aliphatic carbocycles. The lowest BCUT2D eigenvalue weighted by Gasteiger charge is -2.06. The maximum absolute atomic E-state index is 12.1. The molecule has 0 N–H and O–H groups in total. The Morgan fingerprint density at radius 2 is 2.00 bits per heavy atom. The third-order valence-electron chi connectivity index (χ3n) is 3.75. The van der Waals surface area contributed by atoms with E-state index in [-0.39, 0.29) is 19.0 Å². The van der Waals surface area contributed by atoms with E-state index in [1.54, 1.807) is 19.1 Å². The van der Waals surface area contributed by atoms with Gasteiger partial charge in [0.05, 0.1) is 5.56 Å². The van der Waals surface area contributed by atoms with Crippen molar-refractivity contribution >= 4 is 22.6 Å². The van der Waals surface area contributed by atoms with Crippen LogP contribution in [-0.2, 0) is 11.3 Å². The molecular weight excluding hydrogens is 310 g/mol. The van der Waals surface area contributed by atoms with Gasteiger partial charge in [0.25, 0.3) is 0 Å². The third-order valence-corrected chi connectivity index (χ3v) is 3.75. The molecule has 3 rings (SSSR count). The Morgan fingerprint density at radius 1 is 1.25 bits per heavy atom. The fraction of sp³-hybridized carbons (Fsp3) is 0.176. The van der Waals surface area contributed by atoms with Gasteiger partial charge in [-0.3, -0.25) is 0 Å². The van der Waals surface area contributed by atoms with E-state index >= 15 is 0 Å². The number of ether oxygens (including phenoxy) is 1. The van der Waals surface area contributed by atoms with Gasteiger partial charge in [0, 0.05) is 6.92 Å². The number of rotatable bonds is 5. The lowest BCUT2D eigenvalue weighted by Crippen LogP contribution is -2.13. The average molecular weight is 325 g/mol. The molecule has 7 heteroatoms. The summed E-state index contributed by atoms with van der Waals surface area (Å²) in [5.41, 5.74) is 0.450. The number of imidazole rings is 1. The van der Waals surface area contributed by atoms with Gasteiger partial charge in [-0.05, 0) is 27.8 Å². The molecule has 1 heterocycles.